The van der Waals surface area contributed by atoms with Gasteiger partial charge in [-0.25, -0.2) is 15.8 Å². The van der Waals surface area contributed by atoms with Crippen LogP contribution in [0.4, 0.5) is 5.69 Å². The SMILES string of the molecule is NN(C(=O)C1CCCCC1)c1cccc2nc(-c3ccccc3)ccc12. The zero-order chi connectivity index (χ0) is 17.9. The molecule has 4 heteroatoms. The van der Waals surface area contributed by atoms with E-state index in [1.54, 1.807) is 0 Å². The average molecular weight is 345 g/mol. The van der Waals surface area contributed by atoms with Gasteiger partial charge in [-0.2, -0.15) is 0 Å². The molecule has 1 heterocycles. The highest BCUT2D eigenvalue weighted by atomic mass is 16.2. The number of benzene rings is 2. The van der Waals surface area contributed by atoms with Gasteiger partial charge in [-0.15, -0.1) is 0 Å². The molecule has 4 nitrogen and oxygen atoms in total. The Bertz CT molecular complexity index is 917. The molecule has 0 spiro atoms. The summed E-state index contributed by atoms with van der Waals surface area (Å²) in [5, 5.41) is 2.24. The number of hydrazine groups is 1. The van der Waals surface area contributed by atoms with Crippen LogP contribution in [0.5, 0.6) is 0 Å². The first-order chi connectivity index (χ1) is 12.7. The number of pyridine rings is 1. The second kappa shape index (κ2) is 7.26. The number of rotatable bonds is 3. The largest absolute Gasteiger partial charge is 0.273 e. The first-order valence-electron chi connectivity index (χ1n) is 9.28. The Kier molecular flexibility index (Phi) is 4.67. The maximum absolute atomic E-state index is 12.8. The second-order valence-electron chi connectivity index (χ2n) is 6.95. The molecule has 0 atom stereocenters. The van der Waals surface area contributed by atoms with Gasteiger partial charge in [0, 0.05) is 16.9 Å². The molecule has 1 fully saturated rings. The first kappa shape index (κ1) is 16.7. The summed E-state index contributed by atoms with van der Waals surface area (Å²) in [5.41, 5.74) is 3.56. The van der Waals surface area contributed by atoms with Crippen LogP contribution in [0.25, 0.3) is 22.2 Å². The number of anilines is 1. The molecule has 0 radical (unpaired) electrons. The number of carbonyl (C=O) groups is 1. The van der Waals surface area contributed by atoms with Crippen molar-refractivity contribution in [1.82, 2.24) is 4.98 Å². The molecule has 0 unspecified atom stereocenters. The van der Waals surface area contributed by atoms with E-state index in [4.69, 9.17) is 10.8 Å². The molecule has 1 aliphatic rings. The van der Waals surface area contributed by atoms with Crippen molar-refractivity contribution in [3.63, 3.8) is 0 Å². The summed E-state index contributed by atoms with van der Waals surface area (Å²) < 4.78 is 0. The van der Waals surface area contributed by atoms with Gasteiger partial charge >= 0.3 is 0 Å². The fourth-order valence-electron chi connectivity index (χ4n) is 3.78. The van der Waals surface area contributed by atoms with E-state index in [9.17, 15) is 4.79 Å². The predicted octanol–water partition coefficient (Wildman–Crippen LogP) is 4.69. The highest BCUT2D eigenvalue weighted by Crippen LogP contribution is 2.30. The van der Waals surface area contributed by atoms with Crippen LogP contribution in [-0.2, 0) is 4.79 Å². The highest BCUT2D eigenvalue weighted by molar-refractivity contribution is 6.03. The van der Waals surface area contributed by atoms with Crippen molar-refractivity contribution in [3.8, 4) is 11.3 Å². The third kappa shape index (κ3) is 3.20. The number of aromatic nitrogens is 1. The van der Waals surface area contributed by atoms with E-state index in [1.165, 1.54) is 11.4 Å². The summed E-state index contributed by atoms with van der Waals surface area (Å²) in [6.07, 6.45) is 5.32. The zero-order valence-electron chi connectivity index (χ0n) is 14.8. The van der Waals surface area contributed by atoms with Crippen molar-refractivity contribution < 1.29 is 4.79 Å². The van der Waals surface area contributed by atoms with E-state index in [0.717, 1.165) is 53.5 Å². The molecule has 132 valence electrons. The molecule has 1 aliphatic carbocycles. The number of nitrogens with two attached hydrogens (primary N) is 1. The van der Waals surface area contributed by atoms with Crippen molar-refractivity contribution in [1.29, 1.82) is 0 Å². The Labute approximate surface area is 153 Å². The summed E-state index contributed by atoms with van der Waals surface area (Å²) >= 11 is 0. The van der Waals surface area contributed by atoms with Crippen LogP contribution in [0.3, 0.4) is 0 Å². The van der Waals surface area contributed by atoms with Gasteiger partial charge in [0.1, 0.15) is 0 Å². The molecule has 0 saturated heterocycles. The fraction of sp³-hybridized carbons (Fsp3) is 0.273. The van der Waals surface area contributed by atoms with Gasteiger partial charge in [0.05, 0.1) is 16.9 Å². The van der Waals surface area contributed by atoms with Gasteiger partial charge in [0.15, 0.2) is 0 Å². The van der Waals surface area contributed by atoms with E-state index in [2.05, 4.69) is 0 Å². The number of fused-ring (bicyclic) bond motifs is 1. The van der Waals surface area contributed by atoms with Gasteiger partial charge in [0.2, 0.25) is 5.91 Å². The lowest BCUT2D eigenvalue weighted by Gasteiger charge is -2.26. The lowest BCUT2D eigenvalue weighted by molar-refractivity contribution is -0.123. The standard InChI is InChI=1S/C22H23N3O/c23-25(22(26)17-10-5-2-6-11-17)21-13-7-12-20-18(21)14-15-19(24-20)16-8-3-1-4-9-16/h1,3-4,7-9,12-15,17H,2,5-6,10-11,23H2. The lowest BCUT2D eigenvalue weighted by Crippen LogP contribution is -2.42. The molecular formula is C22H23N3O. The average Bonchev–Trinajstić information content (AvgIpc) is 2.73. The smallest absolute Gasteiger partial charge is 0.244 e. The van der Waals surface area contributed by atoms with E-state index in [0.29, 0.717) is 0 Å². The summed E-state index contributed by atoms with van der Waals surface area (Å²) in [6, 6.07) is 19.8. The number of carbonyl (C=O) groups excluding carboxylic acids is 1. The number of nitrogens with zero attached hydrogens (tertiary/aromatic N) is 2. The van der Waals surface area contributed by atoms with Crippen LogP contribution in [0.1, 0.15) is 32.1 Å². The normalized spacial score (nSPS) is 15.1. The maximum Gasteiger partial charge on any atom is 0.244 e. The zero-order valence-corrected chi connectivity index (χ0v) is 14.8. The van der Waals surface area contributed by atoms with Gasteiger partial charge in [-0.3, -0.25) is 4.79 Å². The minimum Gasteiger partial charge on any atom is -0.273 e. The van der Waals surface area contributed by atoms with Gasteiger partial charge in [0.25, 0.3) is 0 Å². The maximum atomic E-state index is 12.8. The molecule has 1 amide bonds. The molecule has 2 aromatic carbocycles. The summed E-state index contributed by atoms with van der Waals surface area (Å²) in [7, 11) is 0. The number of hydrogen-bond donors (Lipinski definition) is 1. The van der Waals surface area contributed by atoms with E-state index >= 15 is 0 Å². The van der Waals surface area contributed by atoms with Crippen LogP contribution in [0.15, 0.2) is 60.7 Å². The van der Waals surface area contributed by atoms with E-state index in [-0.39, 0.29) is 11.8 Å². The van der Waals surface area contributed by atoms with Gasteiger partial charge < -0.3 is 0 Å². The fourth-order valence-corrected chi connectivity index (χ4v) is 3.78. The van der Waals surface area contributed by atoms with Crippen LogP contribution < -0.4 is 10.9 Å². The Morgan fingerprint density at radius 1 is 0.923 bits per heavy atom. The molecule has 26 heavy (non-hydrogen) atoms. The van der Waals surface area contributed by atoms with E-state index in [1.807, 2.05) is 60.7 Å². The van der Waals surface area contributed by atoms with Crippen LogP contribution >= 0.6 is 0 Å². The summed E-state index contributed by atoms with van der Waals surface area (Å²) in [6.45, 7) is 0. The molecule has 1 aromatic heterocycles. The van der Waals surface area contributed by atoms with Crippen LogP contribution in [0, 0.1) is 5.92 Å². The second-order valence-corrected chi connectivity index (χ2v) is 6.95. The van der Waals surface area contributed by atoms with Crippen molar-refractivity contribution in [2.24, 2.45) is 11.8 Å². The van der Waals surface area contributed by atoms with Crippen molar-refractivity contribution >= 4 is 22.5 Å². The molecule has 1 saturated carbocycles. The minimum absolute atomic E-state index is 0.0179. The van der Waals surface area contributed by atoms with Crippen molar-refractivity contribution in [2.75, 3.05) is 5.01 Å². The molecule has 0 bridgehead atoms. The van der Waals surface area contributed by atoms with E-state index < -0.39 is 0 Å². The monoisotopic (exact) mass is 345 g/mol. The Morgan fingerprint density at radius 3 is 2.46 bits per heavy atom. The Morgan fingerprint density at radius 2 is 1.69 bits per heavy atom. The number of amides is 1. The Balaban J connectivity index is 1.68. The van der Waals surface area contributed by atoms with Crippen LogP contribution in [-0.4, -0.2) is 10.9 Å². The molecule has 0 aliphatic heterocycles. The summed E-state index contributed by atoms with van der Waals surface area (Å²) in [5.74, 6) is 6.30. The lowest BCUT2D eigenvalue weighted by atomic mass is 9.88. The highest BCUT2D eigenvalue weighted by Gasteiger charge is 2.26. The number of hydrogen-bond acceptors (Lipinski definition) is 3. The minimum atomic E-state index is 0.0179. The summed E-state index contributed by atoms with van der Waals surface area (Å²) in [4.78, 5) is 17.6. The third-order valence-electron chi connectivity index (χ3n) is 5.23. The topological polar surface area (TPSA) is 59.2 Å². The molecule has 4 rings (SSSR count). The third-order valence-corrected chi connectivity index (χ3v) is 5.23. The molecular weight excluding hydrogens is 322 g/mol. The van der Waals surface area contributed by atoms with Crippen molar-refractivity contribution in [2.45, 2.75) is 32.1 Å². The van der Waals surface area contributed by atoms with Gasteiger partial charge in [-0.05, 0) is 37.1 Å². The van der Waals surface area contributed by atoms with Gasteiger partial charge in [-0.1, -0.05) is 55.7 Å². The molecule has 2 N–H and O–H groups in total. The first-order valence-corrected chi connectivity index (χ1v) is 9.28. The van der Waals surface area contributed by atoms with Crippen molar-refractivity contribution in [3.05, 3.63) is 60.7 Å². The molecule has 3 aromatic rings. The Hall–Kier alpha value is -2.72. The van der Waals surface area contributed by atoms with Crippen LogP contribution in [0.2, 0.25) is 0 Å². The predicted molar refractivity (Wildman–Crippen MR) is 105 cm³/mol. The quantitative estimate of drug-likeness (QED) is 0.426.